The third-order valence-corrected chi connectivity index (χ3v) is 3.64. The second-order valence-corrected chi connectivity index (χ2v) is 5.14. The smallest absolute Gasteiger partial charge is 0.415 e. The zero-order chi connectivity index (χ0) is 12.8. The Morgan fingerprint density at radius 3 is 2.61 bits per heavy atom. The lowest BCUT2D eigenvalue weighted by Crippen LogP contribution is -2.37. The van der Waals surface area contributed by atoms with E-state index in [1.807, 2.05) is 7.05 Å². The first-order valence-electron chi connectivity index (χ1n) is 6.06. The van der Waals surface area contributed by atoms with Gasteiger partial charge in [-0.15, -0.1) is 0 Å². The van der Waals surface area contributed by atoms with E-state index in [9.17, 15) is 9.90 Å². The van der Waals surface area contributed by atoms with Crippen LogP contribution in [0.4, 0.5) is 10.5 Å². The van der Waals surface area contributed by atoms with Gasteiger partial charge in [-0.25, -0.2) is 4.79 Å². The highest BCUT2D eigenvalue weighted by atomic mass is 16.6. The second-order valence-electron chi connectivity index (χ2n) is 5.14. The number of hydrogen-bond acceptors (Lipinski definition) is 4. The van der Waals surface area contributed by atoms with E-state index < -0.39 is 0 Å². The first-order chi connectivity index (χ1) is 8.58. The maximum atomic E-state index is 12.0. The van der Waals surface area contributed by atoms with Crippen molar-refractivity contribution < 1.29 is 14.6 Å². The number of carbonyl (C=O) groups excluding carboxylic acids is 1. The molecule has 1 aromatic rings. The topological polar surface area (TPSA) is 53.0 Å². The number of likely N-dealkylation sites (N-methyl/N-ethyl adjacent to an activating group) is 1. The van der Waals surface area contributed by atoms with Crippen LogP contribution in [0.3, 0.4) is 0 Å². The molecular formula is C13H16N2O3. The minimum absolute atomic E-state index is 0.196. The summed E-state index contributed by atoms with van der Waals surface area (Å²) in [7, 11) is 2.03. The number of benzene rings is 1. The first kappa shape index (κ1) is 11.3. The monoisotopic (exact) mass is 248 g/mol. The number of aromatic hydroxyl groups is 1. The third-order valence-electron chi connectivity index (χ3n) is 3.64. The Bertz CT molecular complexity index is 474. The van der Waals surface area contributed by atoms with Gasteiger partial charge in [0, 0.05) is 25.2 Å². The lowest BCUT2D eigenvalue weighted by atomic mass is 10.0. The molecule has 0 saturated carbocycles. The zero-order valence-corrected chi connectivity index (χ0v) is 10.3. The minimum Gasteiger partial charge on any atom is -0.508 e. The molecule has 5 nitrogen and oxygen atoms in total. The van der Waals surface area contributed by atoms with Crippen LogP contribution in [0.2, 0.25) is 0 Å². The second kappa shape index (κ2) is 3.88. The van der Waals surface area contributed by atoms with Gasteiger partial charge in [0.05, 0.1) is 6.54 Å². The van der Waals surface area contributed by atoms with Gasteiger partial charge in [0.1, 0.15) is 11.4 Å². The van der Waals surface area contributed by atoms with Crippen LogP contribution in [-0.4, -0.2) is 48.4 Å². The van der Waals surface area contributed by atoms with Crippen molar-refractivity contribution in [2.45, 2.75) is 12.0 Å². The molecule has 1 aromatic carbocycles. The van der Waals surface area contributed by atoms with Crippen LogP contribution < -0.4 is 4.90 Å². The van der Waals surface area contributed by atoms with E-state index in [1.165, 1.54) is 0 Å². The average molecular weight is 248 g/mol. The standard InChI is InChI=1S/C13H16N2O3/c1-14-7-6-13(8-14)9-15(12(17)18-13)10-2-4-11(16)5-3-10/h2-5,16H,6-9H2,1H3. The van der Waals surface area contributed by atoms with E-state index in [-0.39, 0.29) is 17.4 Å². The number of hydrogen-bond donors (Lipinski definition) is 1. The molecule has 1 atom stereocenters. The highest BCUT2D eigenvalue weighted by Gasteiger charge is 2.49. The molecular weight excluding hydrogens is 232 g/mol. The Balaban J connectivity index is 1.83. The summed E-state index contributed by atoms with van der Waals surface area (Å²) in [5.74, 6) is 0.196. The Kier molecular flexibility index (Phi) is 2.45. The van der Waals surface area contributed by atoms with Crippen molar-refractivity contribution in [2.24, 2.45) is 0 Å². The molecule has 0 radical (unpaired) electrons. The van der Waals surface area contributed by atoms with Gasteiger partial charge in [0.2, 0.25) is 0 Å². The van der Waals surface area contributed by atoms with Crippen LogP contribution in [0.1, 0.15) is 6.42 Å². The van der Waals surface area contributed by atoms with Gasteiger partial charge in [-0.2, -0.15) is 0 Å². The number of phenolic OH excluding ortho intramolecular Hbond substituents is 1. The zero-order valence-electron chi connectivity index (χ0n) is 10.3. The fraction of sp³-hybridized carbons (Fsp3) is 0.462. The maximum absolute atomic E-state index is 12.0. The highest BCUT2D eigenvalue weighted by Crippen LogP contribution is 2.34. The van der Waals surface area contributed by atoms with Crippen LogP contribution in [0.5, 0.6) is 5.75 Å². The van der Waals surface area contributed by atoms with Gasteiger partial charge in [-0.05, 0) is 31.3 Å². The van der Waals surface area contributed by atoms with Crippen molar-refractivity contribution in [2.75, 3.05) is 31.6 Å². The normalized spacial score (nSPS) is 28.1. The van der Waals surface area contributed by atoms with E-state index in [1.54, 1.807) is 29.2 Å². The van der Waals surface area contributed by atoms with Gasteiger partial charge in [0.15, 0.2) is 0 Å². The predicted molar refractivity (Wildman–Crippen MR) is 66.8 cm³/mol. The van der Waals surface area contributed by atoms with Gasteiger partial charge in [-0.3, -0.25) is 4.90 Å². The van der Waals surface area contributed by atoms with Crippen LogP contribution in [0.15, 0.2) is 24.3 Å². The fourth-order valence-electron chi connectivity index (χ4n) is 2.71. The molecule has 18 heavy (non-hydrogen) atoms. The number of carbonyl (C=O) groups is 1. The summed E-state index contributed by atoms with van der Waals surface area (Å²) in [5, 5.41) is 9.26. The van der Waals surface area contributed by atoms with Crippen molar-refractivity contribution in [3.8, 4) is 5.75 Å². The summed E-state index contributed by atoms with van der Waals surface area (Å²) in [5.41, 5.74) is 0.410. The molecule has 2 aliphatic heterocycles. The molecule has 5 heteroatoms. The fourth-order valence-corrected chi connectivity index (χ4v) is 2.71. The molecule has 3 rings (SSSR count). The van der Waals surface area contributed by atoms with E-state index >= 15 is 0 Å². The molecule has 1 unspecified atom stereocenters. The van der Waals surface area contributed by atoms with E-state index in [0.717, 1.165) is 25.2 Å². The summed E-state index contributed by atoms with van der Waals surface area (Å²) in [6.07, 6.45) is 0.583. The molecule has 1 N–H and O–H groups in total. The van der Waals surface area contributed by atoms with Gasteiger partial charge >= 0.3 is 6.09 Å². The lowest BCUT2D eigenvalue weighted by molar-refractivity contribution is 0.0658. The number of anilines is 1. The largest absolute Gasteiger partial charge is 0.508 e. The van der Waals surface area contributed by atoms with Gasteiger partial charge in [0.25, 0.3) is 0 Å². The number of phenols is 1. The Hall–Kier alpha value is -1.75. The maximum Gasteiger partial charge on any atom is 0.415 e. The molecule has 2 saturated heterocycles. The number of likely N-dealkylation sites (tertiary alicyclic amines) is 1. The molecule has 2 aliphatic rings. The van der Waals surface area contributed by atoms with Crippen molar-refractivity contribution in [3.05, 3.63) is 24.3 Å². The van der Waals surface area contributed by atoms with Crippen molar-refractivity contribution >= 4 is 11.8 Å². The number of nitrogens with zero attached hydrogens (tertiary/aromatic N) is 2. The number of rotatable bonds is 1. The Morgan fingerprint density at radius 2 is 2.00 bits per heavy atom. The van der Waals surface area contributed by atoms with Crippen LogP contribution >= 0.6 is 0 Å². The molecule has 0 aliphatic carbocycles. The average Bonchev–Trinajstić information content (AvgIpc) is 2.84. The summed E-state index contributed by atoms with van der Waals surface area (Å²) in [6.45, 7) is 2.32. The highest BCUT2D eigenvalue weighted by molar-refractivity contribution is 5.90. The number of ether oxygens (including phenoxy) is 1. The van der Waals surface area contributed by atoms with Crippen LogP contribution in [0, 0.1) is 0 Å². The minimum atomic E-state index is -0.357. The summed E-state index contributed by atoms with van der Waals surface area (Å²) in [6, 6.07) is 6.62. The molecule has 0 bridgehead atoms. The third kappa shape index (κ3) is 1.80. The van der Waals surface area contributed by atoms with E-state index in [4.69, 9.17) is 4.74 Å². The molecule has 0 aromatic heterocycles. The SMILES string of the molecule is CN1CCC2(C1)CN(c1ccc(O)cc1)C(=O)O2. The summed E-state index contributed by atoms with van der Waals surface area (Å²) < 4.78 is 5.56. The van der Waals surface area contributed by atoms with E-state index in [0.29, 0.717) is 6.54 Å². The quantitative estimate of drug-likeness (QED) is 0.816. The molecule has 96 valence electrons. The summed E-state index contributed by atoms with van der Waals surface area (Å²) in [4.78, 5) is 15.8. The number of amides is 1. The van der Waals surface area contributed by atoms with Crippen molar-refractivity contribution in [3.63, 3.8) is 0 Å². The lowest BCUT2D eigenvalue weighted by Gasteiger charge is -2.20. The Labute approximate surface area is 106 Å². The summed E-state index contributed by atoms with van der Waals surface area (Å²) >= 11 is 0. The van der Waals surface area contributed by atoms with Crippen LogP contribution in [0.25, 0.3) is 0 Å². The van der Waals surface area contributed by atoms with Crippen LogP contribution in [-0.2, 0) is 4.74 Å². The van der Waals surface area contributed by atoms with Gasteiger partial charge < -0.3 is 14.7 Å². The molecule has 2 heterocycles. The van der Waals surface area contributed by atoms with Crippen molar-refractivity contribution in [1.29, 1.82) is 0 Å². The first-order valence-corrected chi connectivity index (χ1v) is 6.06. The predicted octanol–water partition coefficient (Wildman–Crippen LogP) is 1.42. The molecule has 1 amide bonds. The Morgan fingerprint density at radius 1 is 1.28 bits per heavy atom. The molecule has 1 spiro atoms. The molecule has 2 fully saturated rings. The van der Waals surface area contributed by atoms with E-state index in [2.05, 4.69) is 4.90 Å². The van der Waals surface area contributed by atoms with Crippen molar-refractivity contribution in [1.82, 2.24) is 4.90 Å². The van der Waals surface area contributed by atoms with Gasteiger partial charge in [-0.1, -0.05) is 0 Å².